The Labute approximate surface area is 160 Å². The maximum atomic E-state index is 12.4. The van der Waals surface area contributed by atoms with E-state index in [9.17, 15) is 15.0 Å². The predicted octanol–water partition coefficient (Wildman–Crippen LogP) is 0.646. The van der Waals surface area contributed by atoms with Crippen LogP contribution in [0.3, 0.4) is 0 Å². The first kappa shape index (κ1) is 20.1. The number of nitrogens with zero attached hydrogens (tertiary/aromatic N) is 1. The van der Waals surface area contributed by atoms with Gasteiger partial charge in [0.05, 0.1) is 25.9 Å². The second kappa shape index (κ2) is 9.01. The van der Waals surface area contributed by atoms with E-state index in [0.717, 1.165) is 25.9 Å². The molecule has 3 N–H and O–H groups in total. The van der Waals surface area contributed by atoms with Crippen LogP contribution in [0.4, 0.5) is 0 Å². The van der Waals surface area contributed by atoms with E-state index in [0.29, 0.717) is 17.2 Å². The first-order valence-electron chi connectivity index (χ1n) is 9.64. The van der Waals surface area contributed by atoms with Gasteiger partial charge in [0.15, 0.2) is 0 Å². The van der Waals surface area contributed by atoms with Crippen molar-refractivity contribution in [2.45, 2.75) is 44.1 Å². The summed E-state index contributed by atoms with van der Waals surface area (Å²) in [6.45, 7) is 4.09. The standard InChI is InChI=1S/C20H30N2O5/c1-13-7-9-22(10-8-13)18-16(27-17(12-23)19(18)24)11-21-20(25)14-3-5-15(26-2)6-4-14/h3-6,13,16-19,23-24H,7-12H2,1-2H3,(H,21,25)/t16-,17+,18+,19-/m1/s1. The Morgan fingerprint density at radius 1 is 1.26 bits per heavy atom. The molecule has 2 aliphatic heterocycles. The first-order chi connectivity index (χ1) is 13.0. The number of likely N-dealkylation sites (tertiary alicyclic amines) is 1. The number of carbonyl (C=O) groups excluding carboxylic acids is 1. The van der Waals surface area contributed by atoms with E-state index in [1.54, 1.807) is 31.4 Å². The Hall–Kier alpha value is -1.67. The number of carbonyl (C=O) groups is 1. The Morgan fingerprint density at radius 2 is 1.93 bits per heavy atom. The van der Waals surface area contributed by atoms with Gasteiger partial charge in [-0.2, -0.15) is 0 Å². The van der Waals surface area contributed by atoms with Crippen molar-refractivity contribution in [3.05, 3.63) is 29.8 Å². The molecule has 27 heavy (non-hydrogen) atoms. The Morgan fingerprint density at radius 3 is 2.52 bits per heavy atom. The molecule has 3 rings (SSSR count). The number of amides is 1. The molecule has 2 aliphatic rings. The third-order valence-corrected chi connectivity index (χ3v) is 5.70. The highest BCUT2D eigenvalue weighted by molar-refractivity contribution is 5.94. The zero-order valence-corrected chi connectivity index (χ0v) is 16.0. The SMILES string of the molecule is COc1ccc(C(=O)NC[C@H]2O[C@@H](CO)[C@@H](O)[C@H]2N2CCC(C)CC2)cc1. The maximum absolute atomic E-state index is 12.4. The molecule has 2 fully saturated rings. The third kappa shape index (κ3) is 4.60. The molecule has 7 heteroatoms. The van der Waals surface area contributed by atoms with Gasteiger partial charge in [0.25, 0.3) is 5.91 Å². The van der Waals surface area contributed by atoms with Crippen LogP contribution < -0.4 is 10.1 Å². The number of aliphatic hydroxyl groups is 2. The fraction of sp³-hybridized carbons (Fsp3) is 0.650. The van der Waals surface area contributed by atoms with E-state index < -0.39 is 12.2 Å². The minimum absolute atomic E-state index is 0.200. The van der Waals surface area contributed by atoms with E-state index >= 15 is 0 Å². The summed E-state index contributed by atoms with van der Waals surface area (Å²) in [5.41, 5.74) is 0.538. The molecular formula is C20H30N2O5. The lowest BCUT2D eigenvalue weighted by Gasteiger charge is -2.38. The summed E-state index contributed by atoms with van der Waals surface area (Å²) in [7, 11) is 1.58. The van der Waals surface area contributed by atoms with Crippen molar-refractivity contribution in [2.24, 2.45) is 5.92 Å². The van der Waals surface area contributed by atoms with Crippen LogP contribution in [0.1, 0.15) is 30.1 Å². The molecule has 0 aliphatic carbocycles. The lowest BCUT2D eigenvalue weighted by molar-refractivity contribution is -0.0209. The average molecular weight is 378 g/mol. The fourth-order valence-electron chi connectivity index (χ4n) is 3.96. The largest absolute Gasteiger partial charge is 0.497 e. The average Bonchev–Trinajstić information content (AvgIpc) is 3.02. The van der Waals surface area contributed by atoms with Crippen molar-refractivity contribution in [3.63, 3.8) is 0 Å². The molecule has 7 nitrogen and oxygen atoms in total. The summed E-state index contributed by atoms with van der Waals surface area (Å²) in [6, 6.07) is 6.68. The summed E-state index contributed by atoms with van der Waals surface area (Å²) in [6.07, 6.45) is 0.437. The molecule has 1 amide bonds. The van der Waals surface area contributed by atoms with Crippen molar-refractivity contribution < 1.29 is 24.5 Å². The maximum Gasteiger partial charge on any atom is 0.251 e. The lowest BCUT2D eigenvalue weighted by atomic mass is 9.94. The molecule has 0 saturated carbocycles. The van der Waals surface area contributed by atoms with Gasteiger partial charge in [-0.1, -0.05) is 6.92 Å². The van der Waals surface area contributed by atoms with E-state index in [-0.39, 0.29) is 31.2 Å². The van der Waals surface area contributed by atoms with Gasteiger partial charge in [0.2, 0.25) is 0 Å². The number of aliphatic hydroxyl groups excluding tert-OH is 2. The zero-order chi connectivity index (χ0) is 19.4. The van der Waals surface area contributed by atoms with Crippen LogP contribution >= 0.6 is 0 Å². The molecule has 1 aromatic rings. The van der Waals surface area contributed by atoms with Gasteiger partial charge in [-0.25, -0.2) is 0 Å². The smallest absolute Gasteiger partial charge is 0.251 e. The van der Waals surface area contributed by atoms with Gasteiger partial charge in [0, 0.05) is 12.1 Å². The number of piperidine rings is 1. The number of hydrogen-bond donors (Lipinski definition) is 3. The molecule has 0 spiro atoms. The van der Waals surface area contributed by atoms with Crippen LogP contribution in [-0.2, 0) is 4.74 Å². The van der Waals surface area contributed by atoms with Crippen LogP contribution in [0.2, 0.25) is 0 Å². The van der Waals surface area contributed by atoms with Crippen LogP contribution in [-0.4, -0.2) is 78.7 Å². The van der Waals surface area contributed by atoms with Crippen LogP contribution in [0, 0.1) is 5.92 Å². The summed E-state index contributed by atoms with van der Waals surface area (Å²) in [4.78, 5) is 14.7. The van der Waals surface area contributed by atoms with E-state index in [2.05, 4.69) is 17.1 Å². The molecule has 0 aromatic heterocycles. The Bertz CT molecular complexity index is 615. The van der Waals surface area contributed by atoms with Crippen molar-refractivity contribution in [2.75, 3.05) is 33.4 Å². The van der Waals surface area contributed by atoms with Gasteiger partial charge in [-0.05, 0) is 56.1 Å². The lowest BCUT2D eigenvalue weighted by Crippen LogP contribution is -2.53. The quantitative estimate of drug-likeness (QED) is 0.673. The van der Waals surface area contributed by atoms with Crippen LogP contribution in [0.25, 0.3) is 0 Å². The molecule has 2 saturated heterocycles. The third-order valence-electron chi connectivity index (χ3n) is 5.70. The van der Waals surface area contributed by atoms with Crippen molar-refractivity contribution in [3.8, 4) is 5.75 Å². The second-order valence-electron chi connectivity index (χ2n) is 7.53. The zero-order valence-electron chi connectivity index (χ0n) is 16.0. The van der Waals surface area contributed by atoms with E-state index in [1.165, 1.54) is 0 Å². The second-order valence-corrected chi connectivity index (χ2v) is 7.53. The topological polar surface area (TPSA) is 91.3 Å². The minimum Gasteiger partial charge on any atom is -0.497 e. The molecule has 150 valence electrons. The summed E-state index contributed by atoms with van der Waals surface area (Å²) >= 11 is 0. The summed E-state index contributed by atoms with van der Waals surface area (Å²) in [5.74, 6) is 1.18. The van der Waals surface area contributed by atoms with Crippen molar-refractivity contribution in [1.82, 2.24) is 10.2 Å². The fourth-order valence-corrected chi connectivity index (χ4v) is 3.96. The molecule has 0 unspecified atom stereocenters. The first-order valence-corrected chi connectivity index (χ1v) is 9.64. The van der Waals surface area contributed by atoms with Gasteiger partial charge >= 0.3 is 0 Å². The van der Waals surface area contributed by atoms with Crippen molar-refractivity contribution in [1.29, 1.82) is 0 Å². The number of ether oxygens (including phenoxy) is 2. The van der Waals surface area contributed by atoms with Gasteiger partial charge in [-0.15, -0.1) is 0 Å². The predicted molar refractivity (Wildman–Crippen MR) is 101 cm³/mol. The minimum atomic E-state index is -0.758. The molecular weight excluding hydrogens is 348 g/mol. The molecule has 2 heterocycles. The Balaban J connectivity index is 1.62. The monoisotopic (exact) mass is 378 g/mol. The van der Waals surface area contributed by atoms with Gasteiger partial charge in [0.1, 0.15) is 18.0 Å². The van der Waals surface area contributed by atoms with Crippen molar-refractivity contribution >= 4 is 5.91 Å². The number of nitrogens with one attached hydrogen (secondary N) is 1. The van der Waals surface area contributed by atoms with Gasteiger partial charge in [-0.3, -0.25) is 9.69 Å². The molecule has 4 atom stereocenters. The van der Waals surface area contributed by atoms with Gasteiger partial charge < -0.3 is 25.0 Å². The van der Waals surface area contributed by atoms with E-state index in [4.69, 9.17) is 9.47 Å². The van der Waals surface area contributed by atoms with E-state index in [1.807, 2.05) is 0 Å². The number of benzene rings is 1. The number of methoxy groups -OCH3 is 1. The van der Waals surface area contributed by atoms with Crippen LogP contribution in [0.5, 0.6) is 5.75 Å². The molecule has 0 radical (unpaired) electrons. The molecule has 1 aromatic carbocycles. The highest BCUT2D eigenvalue weighted by Crippen LogP contribution is 2.29. The molecule has 0 bridgehead atoms. The number of hydrogen-bond acceptors (Lipinski definition) is 6. The highest BCUT2D eigenvalue weighted by atomic mass is 16.5. The highest BCUT2D eigenvalue weighted by Gasteiger charge is 2.46. The normalized spacial score (nSPS) is 29.6. The summed E-state index contributed by atoms with van der Waals surface area (Å²) < 4.78 is 11.0. The Kier molecular flexibility index (Phi) is 6.70. The number of rotatable bonds is 6. The van der Waals surface area contributed by atoms with Crippen LogP contribution in [0.15, 0.2) is 24.3 Å². The summed E-state index contributed by atoms with van der Waals surface area (Å²) in [5, 5.41) is 23.0.